The maximum Gasteiger partial charge on any atom is 0.246 e. The monoisotopic (exact) mass is 570 g/mol. The van der Waals surface area contributed by atoms with Gasteiger partial charge in [-0.1, -0.05) is 154 Å². The van der Waals surface area contributed by atoms with Crippen LogP contribution in [0.4, 0.5) is 0 Å². The summed E-state index contributed by atoms with van der Waals surface area (Å²) in [5.41, 5.74) is -0.762. The van der Waals surface area contributed by atoms with Gasteiger partial charge in [-0.05, 0) is 66.1 Å². The Balaban J connectivity index is 2.27. The van der Waals surface area contributed by atoms with Crippen LogP contribution in [0.3, 0.4) is 0 Å². The molecule has 0 aliphatic carbocycles. The molecule has 1 aromatic rings. The molecule has 1 rings (SSSR count). The zero-order valence-electron chi connectivity index (χ0n) is 24.4. The molecule has 0 amide bonds. The van der Waals surface area contributed by atoms with Crippen molar-refractivity contribution in [2.75, 3.05) is 0 Å². The summed E-state index contributed by atoms with van der Waals surface area (Å²) in [4.78, 5) is 20.9. The van der Waals surface area contributed by atoms with Crippen molar-refractivity contribution in [3.05, 3.63) is 29.3 Å². The Morgan fingerprint density at radius 1 is 0.568 bits per heavy atom. The minimum absolute atomic E-state index is 1.00. The highest BCUT2D eigenvalue weighted by molar-refractivity contribution is 8.67. The summed E-state index contributed by atoms with van der Waals surface area (Å²) in [6.45, 7) is 4.56. The molecular weight excluding hydrogens is 511 g/mol. The smallest absolute Gasteiger partial charge is 0.246 e. The van der Waals surface area contributed by atoms with Crippen LogP contribution >= 0.6 is 17.1 Å². The van der Waals surface area contributed by atoms with Gasteiger partial charge in [-0.25, -0.2) is 0 Å². The maximum atomic E-state index is 9.97. The first kappa shape index (κ1) is 35.2. The van der Waals surface area contributed by atoms with Crippen LogP contribution in [0, 0.1) is 0 Å². The van der Waals surface area contributed by atoms with E-state index in [-0.39, 0.29) is 0 Å². The average molecular weight is 571 g/mol. The fourth-order valence-electron chi connectivity index (χ4n) is 5.15. The molecular formula is C32H59O2PS2. The van der Waals surface area contributed by atoms with Crippen LogP contribution in [-0.4, -0.2) is 9.79 Å². The Morgan fingerprint density at radius 2 is 0.946 bits per heavy atom. The second-order valence-electron chi connectivity index (χ2n) is 11.1. The van der Waals surface area contributed by atoms with Crippen molar-refractivity contribution in [2.45, 2.75) is 173 Å². The molecule has 0 aliphatic rings. The normalized spacial score (nSPS) is 11.9. The third kappa shape index (κ3) is 21.6. The molecule has 0 bridgehead atoms. The summed E-state index contributed by atoms with van der Waals surface area (Å²) in [6, 6.07) is 6.66. The van der Waals surface area contributed by atoms with Crippen LogP contribution in [0.25, 0.3) is 0 Å². The summed E-state index contributed by atoms with van der Waals surface area (Å²) in [5, 5.41) is 0. The fourth-order valence-corrected chi connectivity index (χ4v) is 7.90. The van der Waals surface area contributed by atoms with Crippen LogP contribution in [0.15, 0.2) is 23.1 Å². The number of hydrogen-bond donors (Lipinski definition) is 2. The molecule has 0 saturated carbocycles. The van der Waals surface area contributed by atoms with Crippen molar-refractivity contribution in [1.82, 2.24) is 0 Å². The molecule has 2 N–H and O–H groups in total. The van der Waals surface area contributed by atoms with Gasteiger partial charge in [0, 0.05) is 4.90 Å². The summed E-state index contributed by atoms with van der Waals surface area (Å²) >= 11 is 6.09. The van der Waals surface area contributed by atoms with Crippen LogP contribution in [0.5, 0.6) is 0 Å². The lowest BCUT2D eigenvalue weighted by molar-refractivity contribution is 0.502. The van der Waals surface area contributed by atoms with Gasteiger partial charge in [-0.3, -0.25) is 0 Å². The predicted molar refractivity (Wildman–Crippen MR) is 171 cm³/mol. The van der Waals surface area contributed by atoms with Gasteiger partial charge in [0.2, 0.25) is 5.69 Å². The van der Waals surface area contributed by atoms with E-state index < -0.39 is 5.69 Å². The highest BCUT2D eigenvalue weighted by Gasteiger charge is 2.14. The minimum Gasteiger partial charge on any atom is -0.337 e. The van der Waals surface area contributed by atoms with Crippen molar-refractivity contribution in [3.8, 4) is 0 Å². The minimum atomic E-state index is -3.31. The average Bonchev–Trinajstić information content (AvgIpc) is 2.86. The summed E-state index contributed by atoms with van der Waals surface area (Å²) in [6.07, 6.45) is 31.8. The first-order chi connectivity index (χ1) is 18.0. The molecule has 0 atom stereocenters. The lowest BCUT2D eigenvalue weighted by Gasteiger charge is -2.14. The zero-order chi connectivity index (χ0) is 27.0. The Hall–Kier alpha value is 0.140. The van der Waals surface area contributed by atoms with Gasteiger partial charge in [0.15, 0.2) is 0 Å². The molecule has 0 aliphatic heterocycles. The Morgan fingerprint density at radius 3 is 1.35 bits per heavy atom. The molecule has 216 valence electrons. The number of hydrogen-bond acceptors (Lipinski definition) is 2. The second kappa shape index (κ2) is 24.0. The Bertz CT molecular complexity index is 704. The molecule has 0 fully saturated rings. The fraction of sp³-hybridized carbons (Fsp3) is 0.812. The van der Waals surface area contributed by atoms with Gasteiger partial charge in [0.05, 0.1) is 0 Å². The second-order valence-corrected chi connectivity index (χ2v) is 17.0. The van der Waals surface area contributed by atoms with E-state index in [1.165, 1.54) is 152 Å². The highest BCUT2D eigenvalue weighted by atomic mass is 32.9. The lowest BCUT2D eigenvalue weighted by atomic mass is 10.0. The van der Waals surface area contributed by atoms with Crippen molar-refractivity contribution in [2.24, 2.45) is 0 Å². The summed E-state index contributed by atoms with van der Waals surface area (Å²) in [7, 11) is 0. The van der Waals surface area contributed by atoms with Crippen molar-refractivity contribution >= 4 is 28.9 Å². The van der Waals surface area contributed by atoms with Gasteiger partial charge in [0.1, 0.15) is 0 Å². The highest BCUT2D eigenvalue weighted by Crippen LogP contribution is 2.56. The molecule has 0 unspecified atom stereocenters. The third-order valence-corrected chi connectivity index (χ3v) is 10.3. The quantitative estimate of drug-likeness (QED) is 0.0858. The van der Waals surface area contributed by atoms with E-state index in [4.69, 9.17) is 11.8 Å². The molecule has 5 heteroatoms. The van der Waals surface area contributed by atoms with E-state index in [9.17, 15) is 9.79 Å². The lowest BCUT2D eigenvalue weighted by Crippen LogP contribution is -1.94. The first-order valence-electron chi connectivity index (χ1n) is 15.8. The Labute approximate surface area is 240 Å². The molecule has 0 heterocycles. The van der Waals surface area contributed by atoms with E-state index in [0.29, 0.717) is 0 Å². The molecule has 2 nitrogen and oxygen atoms in total. The van der Waals surface area contributed by atoms with Crippen molar-refractivity contribution in [1.29, 1.82) is 0 Å². The van der Waals surface area contributed by atoms with Gasteiger partial charge < -0.3 is 9.79 Å². The van der Waals surface area contributed by atoms with E-state index >= 15 is 0 Å². The summed E-state index contributed by atoms with van der Waals surface area (Å²) < 4.78 is 0. The molecule has 37 heavy (non-hydrogen) atoms. The van der Waals surface area contributed by atoms with E-state index in [0.717, 1.165) is 29.1 Å². The number of benzene rings is 1. The topological polar surface area (TPSA) is 40.5 Å². The van der Waals surface area contributed by atoms with Crippen molar-refractivity contribution in [3.63, 3.8) is 0 Å². The maximum absolute atomic E-state index is 9.97. The van der Waals surface area contributed by atoms with E-state index in [2.05, 4.69) is 32.0 Å². The van der Waals surface area contributed by atoms with E-state index in [1.807, 2.05) is 0 Å². The Kier molecular flexibility index (Phi) is 22.8. The van der Waals surface area contributed by atoms with Gasteiger partial charge in [0.25, 0.3) is 0 Å². The van der Waals surface area contributed by atoms with Crippen LogP contribution in [0.2, 0.25) is 0 Å². The number of unbranched alkanes of at least 4 members (excludes halogenated alkanes) is 20. The third-order valence-electron chi connectivity index (χ3n) is 7.47. The van der Waals surface area contributed by atoms with Crippen LogP contribution in [-0.2, 0) is 24.6 Å². The predicted octanol–water partition coefficient (Wildman–Crippen LogP) is 11.7. The van der Waals surface area contributed by atoms with Gasteiger partial charge in [-0.2, -0.15) is 0 Å². The first-order valence-corrected chi connectivity index (χ1v) is 20.0. The zero-order valence-corrected chi connectivity index (χ0v) is 26.9. The number of aryl methyl sites for hydroxylation is 2. The molecule has 0 spiro atoms. The van der Waals surface area contributed by atoms with Crippen LogP contribution < -0.4 is 0 Å². The molecule has 0 aromatic heterocycles. The molecule has 0 radical (unpaired) electrons. The van der Waals surface area contributed by atoms with Gasteiger partial charge >= 0.3 is 0 Å². The van der Waals surface area contributed by atoms with Crippen LogP contribution in [0.1, 0.15) is 166 Å². The van der Waals surface area contributed by atoms with E-state index in [1.54, 1.807) is 0 Å². The number of rotatable bonds is 26. The molecule has 1 aromatic carbocycles. The summed E-state index contributed by atoms with van der Waals surface area (Å²) in [5.74, 6) is 0. The molecule has 0 saturated heterocycles. The standard InChI is InChI=1S/C32H59O2PS2/c1-3-5-7-9-11-13-15-17-19-21-23-25-30-27-28-31(32(29-30)37-35(33,34)36)26-24-22-20-18-16-14-12-10-8-6-4-2/h27-29H,3-26H2,1-2H3,(H2,33,34,36). The largest absolute Gasteiger partial charge is 0.337 e. The van der Waals surface area contributed by atoms with Crippen molar-refractivity contribution < 1.29 is 9.79 Å². The van der Waals surface area contributed by atoms with Gasteiger partial charge in [-0.15, -0.1) is 0 Å². The SMILES string of the molecule is CCCCCCCCCCCCCc1ccc(CCCCCCCCCCCCC)c(SP(O)(O)=S)c1.